The number of benzene rings is 1. The first-order valence-electron chi connectivity index (χ1n) is 8.03. The van der Waals surface area contributed by atoms with E-state index in [1.165, 1.54) is 11.3 Å². The van der Waals surface area contributed by atoms with Gasteiger partial charge in [0.2, 0.25) is 0 Å². The maximum atomic E-state index is 12.5. The number of hydrogen-bond acceptors (Lipinski definition) is 6. The fraction of sp³-hybridized carbons (Fsp3) is 0.278. The number of ether oxygens (including phenoxy) is 1. The monoisotopic (exact) mass is 408 g/mol. The number of esters is 1. The minimum Gasteiger partial charge on any atom is -0.462 e. The first-order chi connectivity index (χ1) is 12.4. The summed E-state index contributed by atoms with van der Waals surface area (Å²) in [6.07, 6.45) is 0. The summed E-state index contributed by atoms with van der Waals surface area (Å²) >= 11 is 8.67. The fourth-order valence-corrected chi connectivity index (χ4v) is 4.65. The summed E-state index contributed by atoms with van der Waals surface area (Å²) in [5, 5.41) is 1.06. The minimum atomic E-state index is -0.419. The molecule has 0 aliphatic rings. The van der Waals surface area contributed by atoms with Crippen LogP contribution < -0.4 is 5.56 Å². The second-order valence-electron chi connectivity index (χ2n) is 5.62. The van der Waals surface area contributed by atoms with Gasteiger partial charge in [-0.05, 0) is 50.6 Å². The van der Waals surface area contributed by atoms with Gasteiger partial charge in [-0.2, -0.15) is 0 Å². The summed E-state index contributed by atoms with van der Waals surface area (Å²) in [5.74, 6) is 0.150. The largest absolute Gasteiger partial charge is 0.462 e. The molecule has 1 atom stereocenters. The van der Waals surface area contributed by atoms with Crippen LogP contribution in [0.1, 0.15) is 40.2 Å². The van der Waals surface area contributed by atoms with Gasteiger partial charge in [-0.1, -0.05) is 11.6 Å². The maximum Gasteiger partial charge on any atom is 0.348 e. The smallest absolute Gasteiger partial charge is 0.348 e. The Kier molecular flexibility index (Phi) is 5.70. The molecule has 0 aliphatic heterocycles. The van der Waals surface area contributed by atoms with Crippen molar-refractivity contribution in [2.24, 2.45) is 0 Å². The standard InChI is InChI=1S/C18H17ClN2O3S2/c1-4-24-18(23)14-9(2)13-16(22)20-15(21-17(13)26-14)10(3)25-12-7-5-11(19)6-8-12/h5-8,10H,4H2,1-3H3,(H,20,21,22)/t10-/m0/s1. The van der Waals surface area contributed by atoms with Gasteiger partial charge < -0.3 is 9.72 Å². The fourth-order valence-electron chi connectivity index (χ4n) is 2.52. The highest BCUT2D eigenvalue weighted by Gasteiger charge is 2.21. The Morgan fingerprint density at radius 3 is 2.73 bits per heavy atom. The van der Waals surface area contributed by atoms with Gasteiger partial charge in [0.15, 0.2) is 0 Å². The molecule has 0 saturated heterocycles. The van der Waals surface area contributed by atoms with Gasteiger partial charge >= 0.3 is 5.97 Å². The summed E-state index contributed by atoms with van der Waals surface area (Å²) in [7, 11) is 0. The lowest BCUT2D eigenvalue weighted by atomic mass is 10.2. The van der Waals surface area contributed by atoms with Crippen molar-refractivity contribution in [3.8, 4) is 0 Å². The predicted octanol–water partition coefficient (Wildman–Crippen LogP) is 4.98. The van der Waals surface area contributed by atoms with Crippen molar-refractivity contribution in [3.05, 3.63) is 55.9 Å². The lowest BCUT2D eigenvalue weighted by molar-refractivity contribution is 0.0531. The van der Waals surface area contributed by atoms with Gasteiger partial charge in [0.05, 0.1) is 17.2 Å². The van der Waals surface area contributed by atoms with Crippen LogP contribution in [0.3, 0.4) is 0 Å². The Balaban J connectivity index is 1.96. The van der Waals surface area contributed by atoms with Gasteiger partial charge in [-0.25, -0.2) is 9.78 Å². The average molecular weight is 409 g/mol. The van der Waals surface area contributed by atoms with Gasteiger partial charge in [-0.15, -0.1) is 23.1 Å². The zero-order chi connectivity index (χ0) is 18.8. The molecular formula is C18H17ClN2O3S2. The number of aromatic amines is 1. The van der Waals surface area contributed by atoms with E-state index in [-0.39, 0.29) is 17.4 Å². The number of nitrogens with one attached hydrogen (secondary N) is 1. The molecule has 2 aromatic heterocycles. The van der Waals surface area contributed by atoms with E-state index < -0.39 is 5.97 Å². The summed E-state index contributed by atoms with van der Waals surface area (Å²) in [6, 6.07) is 7.50. The Morgan fingerprint density at radius 1 is 1.38 bits per heavy atom. The van der Waals surface area contributed by atoms with Crippen LogP contribution in [0.4, 0.5) is 0 Å². The van der Waals surface area contributed by atoms with Crippen LogP contribution in [-0.4, -0.2) is 22.5 Å². The van der Waals surface area contributed by atoms with Crippen LogP contribution in [-0.2, 0) is 4.74 Å². The van der Waals surface area contributed by atoms with E-state index in [4.69, 9.17) is 16.3 Å². The second kappa shape index (κ2) is 7.82. The SMILES string of the molecule is CCOC(=O)c1sc2nc([C@H](C)Sc3ccc(Cl)cc3)[nH]c(=O)c2c1C. The Bertz CT molecular complexity index is 1010. The van der Waals surface area contributed by atoms with Gasteiger partial charge in [0.25, 0.3) is 5.56 Å². The van der Waals surface area contributed by atoms with E-state index in [0.717, 1.165) is 4.90 Å². The molecule has 3 rings (SSSR count). The highest BCUT2D eigenvalue weighted by molar-refractivity contribution is 7.99. The normalized spacial score (nSPS) is 12.3. The molecule has 3 aromatic rings. The Labute approximate surface area is 163 Å². The third kappa shape index (κ3) is 3.79. The molecule has 5 nitrogen and oxygen atoms in total. The first kappa shape index (κ1) is 18.9. The Hall–Kier alpha value is -1.83. The summed E-state index contributed by atoms with van der Waals surface area (Å²) in [5.41, 5.74) is 0.375. The van der Waals surface area contributed by atoms with Crippen LogP contribution >= 0.6 is 34.7 Å². The van der Waals surface area contributed by atoms with E-state index in [2.05, 4.69) is 9.97 Å². The van der Waals surface area contributed by atoms with Gasteiger partial charge in [0, 0.05) is 9.92 Å². The van der Waals surface area contributed by atoms with E-state index in [1.807, 2.05) is 31.2 Å². The van der Waals surface area contributed by atoms with Crippen molar-refractivity contribution < 1.29 is 9.53 Å². The summed E-state index contributed by atoms with van der Waals surface area (Å²) in [6.45, 7) is 5.75. The number of H-pyrrole nitrogens is 1. The lowest BCUT2D eigenvalue weighted by Crippen LogP contribution is -2.12. The number of aromatic nitrogens is 2. The summed E-state index contributed by atoms with van der Waals surface area (Å²) in [4.78, 5) is 34.0. The van der Waals surface area contributed by atoms with Gasteiger partial charge in [0.1, 0.15) is 15.5 Å². The van der Waals surface area contributed by atoms with Crippen molar-refractivity contribution in [2.75, 3.05) is 6.61 Å². The maximum absolute atomic E-state index is 12.5. The summed E-state index contributed by atoms with van der Waals surface area (Å²) < 4.78 is 5.06. The molecule has 8 heteroatoms. The molecule has 0 amide bonds. The number of thiophene rings is 1. The highest BCUT2D eigenvalue weighted by Crippen LogP contribution is 2.35. The van der Waals surface area contributed by atoms with Crippen molar-refractivity contribution in [3.63, 3.8) is 0 Å². The number of carbonyl (C=O) groups excluding carboxylic acids is 1. The van der Waals surface area contributed by atoms with Crippen LogP contribution in [0.5, 0.6) is 0 Å². The number of aryl methyl sites for hydroxylation is 1. The number of thioether (sulfide) groups is 1. The molecule has 0 radical (unpaired) electrons. The number of carbonyl (C=O) groups is 1. The number of fused-ring (bicyclic) bond motifs is 1. The number of nitrogens with zero attached hydrogens (tertiary/aromatic N) is 1. The average Bonchev–Trinajstić information content (AvgIpc) is 2.94. The van der Waals surface area contributed by atoms with Crippen LogP contribution in [0.25, 0.3) is 10.2 Å². The zero-order valence-corrected chi connectivity index (χ0v) is 16.8. The lowest BCUT2D eigenvalue weighted by Gasteiger charge is -2.10. The number of hydrogen-bond donors (Lipinski definition) is 1. The highest BCUT2D eigenvalue weighted by atomic mass is 35.5. The molecule has 0 fully saturated rings. The molecule has 26 heavy (non-hydrogen) atoms. The molecule has 0 bridgehead atoms. The van der Waals surface area contributed by atoms with Crippen LogP contribution in [0.2, 0.25) is 5.02 Å². The van der Waals surface area contributed by atoms with Crippen molar-refractivity contribution in [1.82, 2.24) is 9.97 Å². The third-order valence-corrected chi connectivity index (χ3v) is 6.33. The van der Waals surface area contributed by atoms with Crippen molar-refractivity contribution >= 4 is 50.9 Å². The van der Waals surface area contributed by atoms with Crippen molar-refractivity contribution in [2.45, 2.75) is 30.9 Å². The van der Waals surface area contributed by atoms with E-state index in [0.29, 0.717) is 31.5 Å². The third-order valence-electron chi connectivity index (χ3n) is 3.79. The molecule has 2 heterocycles. The van der Waals surface area contributed by atoms with E-state index in [1.54, 1.807) is 25.6 Å². The predicted molar refractivity (Wildman–Crippen MR) is 107 cm³/mol. The number of halogens is 1. The quantitative estimate of drug-likeness (QED) is 0.476. The molecule has 0 aliphatic carbocycles. The Morgan fingerprint density at radius 2 is 2.08 bits per heavy atom. The molecule has 0 saturated carbocycles. The molecule has 1 aromatic carbocycles. The number of rotatable bonds is 5. The topological polar surface area (TPSA) is 72.0 Å². The van der Waals surface area contributed by atoms with Crippen LogP contribution in [0.15, 0.2) is 34.0 Å². The molecule has 0 spiro atoms. The first-order valence-corrected chi connectivity index (χ1v) is 10.1. The van der Waals surface area contributed by atoms with E-state index >= 15 is 0 Å². The van der Waals surface area contributed by atoms with Crippen LogP contribution in [0, 0.1) is 6.92 Å². The molecular weight excluding hydrogens is 392 g/mol. The van der Waals surface area contributed by atoms with Crippen molar-refractivity contribution in [1.29, 1.82) is 0 Å². The van der Waals surface area contributed by atoms with Gasteiger partial charge in [-0.3, -0.25) is 4.79 Å². The zero-order valence-electron chi connectivity index (χ0n) is 14.5. The van der Waals surface area contributed by atoms with E-state index in [9.17, 15) is 9.59 Å². The minimum absolute atomic E-state index is 0.0678. The molecule has 1 N–H and O–H groups in total. The molecule has 136 valence electrons. The molecule has 0 unspecified atom stereocenters. The second-order valence-corrected chi connectivity index (χ2v) is 8.47.